The van der Waals surface area contributed by atoms with E-state index in [0.29, 0.717) is 4.60 Å². The van der Waals surface area contributed by atoms with Crippen molar-refractivity contribution < 1.29 is 18.7 Å². The smallest absolute Gasteiger partial charge is 0.410 e. The van der Waals surface area contributed by atoms with Gasteiger partial charge in [-0.1, -0.05) is 0 Å². The van der Waals surface area contributed by atoms with Crippen molar-refractivity contribution in [3.05, 3.63) is 28.2 Å². The van der Waals surface area contributed by atoms with Gasteiger partial charge in [0.25, 0.3) is 0 Å². The van der Waals surface area contributed by atoms with E-state index in [1.54, 1.807) is 20.8 Å². The van der Waals surface area contributed by atoms with Crippen LogP contribution in [0.5, 0.6) is 0 Å². The number of ether oxygens (including phenoxy) is 1. The topological polar surface area (TPSA) is 85.5 Å². The lowest BCUT2D eigenvalue weighted by molar-refractivity contribution is -0.125. The quantitative estimate of drug-likeness (QED) is 0.771. The molecule has 1 aromatic rings. The lowest BCUT2D eigenvalue weighted by atomic mass is 9.72. The molecule has 2 N–H and O–H groups in total. The van der Waals surface area contributed by atoms with Crippen LogP contribution in [0.2, 0.25) is 0 Å². The Hall–Kier alpha value is -1.70. The van der Waals surface area contributed by atoms with Crippen molar-refractivity contribution in [1.29, 1.82) is 0 Å². The summed E-state index contributed by atoms with van der Waals surface area (Å²) in [5, 5.41) is 0. The second kappa shape index (κ2) is 6.66. The first kappa shape index (κ1) is 18.6. The first-order valence-corrected chi connectivity index (χ1v) is 8.44. The number of aromatic nitrogens is 1. The molecule has 1 saturated heterocycles. The average Bonchev–Trinajstić information content (AvgIpc) is 2.48. The Morgan fingerprint density at radius 2 is 1.96 bits per heavy atom. The Balaban J connectivity index is 2.23. The number of hydrogen-bond donors (Lipinski definition) is 1. The molecule has 2 amide bonds. The van der Waals surface area contributed by atoms with Crippen molar-refractivity contribution in [1.82, 2.24) is 9.88 Å². The maximum absolute atomic E-state index is 14.2. The van der Waals surface area contributed by atoms with Crippen LogP contribution >= 0.6 is 15.9 Å². The Bertz CT molecular complexity index is 652. The van der Waals surface area contributed by atoms with Crippen LogP contribution in [0.3, 0.4) is 0 Å². The molecule has 1 aromatic heterocycles. The number of nitrogens with zero attached hydrogens (tertiary/aromatic N) is 2. The molecule has 6 nitrogen and oxygen atoms in total. The van der Waals surface area contributed by atoms with Gasteiger partial charge in [-0.3, -0.25) is 4.79 Å². The fourth-order valence-electron chi connectivity index (χ4n) is 2.83. The Morgan fingerprint density at radius 1 is 1.38 bits per heavy atom. The van der Waals surface area contributed by atoms with Gasteiger partial charge in [0.1, 0.15) is 16.0 Å². The molecular formula is C16H21BrFN3O3. The van der Waals surface area contributed by atoms with Crippen molar-refractivity contribution in [2.24, 2.45) is 5.73 Å². The number of halogens is 2. The van der Waals surface area contributed by atoms with E-state index in [4.69, 9.17) is 10.5 Å². The van der Waals surface area contributed by atoms with Gasteiger partial charge in [-0.15, -0.1) is 0 Å². The summed E-state index contributed by atoms with van der Waals surface area (Å²) in [4.78, 5) is 29.6. The predicted molar refractivity (Wildman–Crippen MR) is 89.8 cm³/mol. The molecule has 0 atom stereocenters. The minimum Gasteiger partial charge on any atom is -0.444 e. The molecule has 2 heterocycles. The number of pyridine rings is 1. The van der Waals surface area contributed by atoms with Gasteiger partial charge in [0.2, 0.25) is 5.91 Å². The van der Waals surface area contributed by atoms with Crippen molar-refractivity contribution >= 4 is 27.9 Å². The highest BCUT2D eigenvalue weighted by molar-refractivity contribution is 9.10. The Labute approximate surface area is 148 Å². The van der Waals surface area contributed by atoms with Crippen LogP contribution < -0.4 is 5.73 Å². The summed E-state index contributed by atoms with van der Waals surface area (Å²) in [5.74, 6) is -1.19. The summed E-state index contributed by atoms with van der Waals surface area (Å²) in [7, 11) is 0. The molecule has 8 heteroatoms. The number of piperidine rings is 1. The molecule has 2 rings (SSSR count). The van der Waals surface area contributed by atoms with Crippen LogP contribution in [0, 0.1) is 5.82 Å². The molecule has 1 fully saturated rings. The largest absolute Gasteiger partial charge is 0.444 e. The second-order valence-corrected chi connectivity index (χ2v) is 7.71. The third-order valence-corrected chi connectivity index (χ3v) is 4.51. The standard InChI is InChI=1S/C16H21BrFN3O3/c1-15(2,3)24-14(23)21-6-4-16(5-7-21,13(19)22)10-8-12(17)20-9-11(10)18/h8-9H,4-7H2,1-3H3,(H2,19,22). The summed E-state index contributed by atoms with van der Waals surface area (Å²) in [5.41, 5.74) is 4.05. The number of hydrogen-bond acceptors (Lipinski definition) is 4. The zero-order valence-electron chi connectivity index (χ0n) is 13.9. The molecule has 0 unspecified atom stereocenters. The number of primary amides is 1. The first-order valence-electron chi connectivity index (χ1n) is 7.64. The minimum atomic E-state index is -1.16. The zero-order chi connectivity index (χ0) is 18.1. The monoisotopic (exact) mass is 401 g/mol. The third kappa shape index (κ3) is 3.85. The maximum atomic E-state index is 14.2. The van der Waals surface area contributed by atoms with Crippen LogP contribution in [0.15, 0.2) is 16.9 Å². The van der Waals surface area contributed by atoms with E-state index in [2.05, 4.69) is 20.9 Å². The van der Waals surface area contributed by atoms with Gasteiger partial charge in [-0.2, -0.15) is 0 Å². The minimum absolute atomic E-state index is 0.209. The lowest BCUT2D eigenvalue weighted by Gasteiger charge is -2.40. The number of carbonyl (C=O) groups excluding carboxylic acids is 2. The highest BCUT2D eigenvalue weighted by atomic mass is 79.9. The number of rotatable bonds is 2. The van der Waals surface area contributed by atoms with E-state index >= 15 is 0 Å². The second-order valence-electron chi connectivity index (χ2n) is 6.90. The van der Waals surface area contributed by atoms with Crippen LogP contribution in [0.4, 0.5) is 9.18 Å². The van der Waals surface area contributed by atoms with Gasteiger partial charge < -0.3 is 15.4 Å². The Morgan fingerprint density at radius 3 is 2.46 bits per heavy atom. The summed E-state index contributed by atoms with van der Waals surface area (Å²) >= 11 is 3.19. The average molecular weight is 402 g/mol. The highest BCUT2D eigenvalue weighted by Gasteiger charge is 2.44. The van der Waals surface area contributed by atoms with E-state index in [0.717, 1.165) is 6.20 Å². The van der Waals surface area contributed by atoms with E-state index in [-0.39, 0.29) is 31.5 Å². The zero-order valence-corrected chi connectivity index (χ0v) is 15.5. The summed E-state index contributed by atoms with van der Waals surface area (Å²) in [6.07, 6.45) is 1.07. The SMILES string of the molecule is CC(C)(C)OC(=O)N1CCC(C(N)=O)(c2cc(Br)ncc2F)CC1. The van der Waals surface area contributed by atoms with Gasteiger partial charge in [-0.05, 0) is 55.6 Å². The molecule has 0 aromatic carbocycles. The van der Waals surface area contributed by atoms with Crippen LogP contribution in [-0.2, 0) is 14.9 Å². The van der Waals surface area contributed by atoms with E-state index in [9.17, 15) is 14.0 Å². The number of amides is 2. The third-order valence-electron chi connectivity index (χ3n) is 4.08. The summed E-state index contributed by atoms with van der Waals surface area (Å²) in [6.45, 7) is 5.87. The molecule has 1 aliphatic heterocycles. The van der Waals surface area contributed by atoms with Gasteiger partial charge in [0.15, 0.2) is 0 Å². The molecule has 24 heavy (non-hydrogen) atoms. The van der Waals surface area contributed by atoms with Crippen LogP contribution in [-0.4, -0.2) is 40.6 Å². The van der Waals surface area contributed by atoms with Gasteiger partial charge in [-0.25, -0.2) is 14.2 Å². The van der Waals surface area contributed by atoms with Crippen molar-refractivity contribution in [2.75, 3.05) is 13.1 Å². The molecule has 0 aliphatic carbocycles. The van der Waals surface area contributed by atoms with Gasteiger partial charge in [0, 0.05) is 18.7 Å². The van der Waals surface area contributed by atoms with Crippen molar-refractivity contribution in [2.45, 2.75) is 44.6 Å². The number of likely N-dealkylation sites (tertiary alicyclic amines) is 1. The normalized spacial score (nSPS) is 17.5. The van der Waals surface area contributed by atoms with Gasteiger partial charge in [0.05, 0.1) is 11.6 Å². The fraction of sp³-hybridized carbons (Fsp3) is 0.562. The first-order chi connectivity index (χ1) is 11.0. The van der Waals surface area contributed by atoms with E-state index < -0.39 is 28.8 Å². The van der Waals surface area contributed by atoms with Crippen LogP contribution in [0.1, 0.15) is 39.2 Å². The highest BCUT2D eigenvalue weighted by Crippen LogP contribution is 2.37. The Kier molecular flexibility index (Phi) is 5.17. The molecule has 0 saturated carbocycles. The summed E-state index contributed by atoms with van der Waals surface area (Å²) in [6, 6.07) is 1.48. The molecule has 0 spiro atoms. The number of nitrogens with two attached hydrogens (primary N) is 1. The maximum Gasteiger partial charge on any atom is 0.410 e. The molecule has 132 valence electrons. The van der Waals surface area contributed by atoms with Crippen LogP contribution in [0.25, 0.3) is 0 Å². The lowest BCUT2D eigenvalue weighted by Crippen LogP contribution is -2.52. The molecule has 1 aliphatic rings. The predicted octanol–water partition coefficient (Wildman–Crippen LogP) is 2.74. The van der Waals surface area contributed by atoms with Gasteiger partial charge >= 0.3 is 6.09 Å². The van der Waals surface area contributed by atoms with Crippen molar-refractivity contribution in [3.63, 3.8) is 0 Å². The van der Waals surface area contributed by atoms with E-state index in [1.807, 2.05) is 0 Å². The molecule has 0 bridgehead atoms. The van der Waals surface area contributed by atoms with E-state index in [1.165, 1.54) is 11.0 Å². The molecular weight excluding hydrogens is 381 g/mol. The molecule has 0 radical (unpaired) electrons. The van der Waals surface area contributed by atoms with Crippen molar-refractivity contribution in [3.8, 4) is 0 Å². The number of carbonyl (C=O) groups is 2. The fourth-order valence-corrected chi connectivity index (χ4v) is 3.16. The summed E-state index contributed by atoms with van der Waals surface area (Å²) < 4.78 is 20.0.